The lowest BCUT2D eigenvalue weighted by Gasteiger charge is -2.67. The van der Waals surface area contributed by atoms with Crippen molar-refractivity contribution in [2.75, 3.05) is 0 Å². The largest absolute Gasteiger partial charge is 0.481 e. The van der Waals surface area contributed by atoms with Crippen LogP contribution >= 0.6 is 0 Å². The quantitative estimate of drug-likeness (QED) is 0.779. The fraction of sp³-hybridized carbons (Fsp3) is 0.850. The predicted octanol–water partition coefficient (Wildman–Crippen LogP) is 4.51. The van der Waals surface area contributed by atoms with E-state index in [2.05, 4.69) is 19.1 Å². The van der Waals surface area contributed by atoms with E-state index in [9.17, 15) is 9.90 Å². The van der Waals surface area contributed by atoms with Crippen molar-refractivity contribution in [3.63, 3.8) is 0 Å². The molecule has 0 aromatic rings. The first-order valence-electron chi connectivity index (χ1n) is 9.52. The van der Waals surface area contributed by atoms with E-state index < -0.39 is 11.4 Å². The van der Waals surface area contributed by atoms with E-state index in [0.717, 1.165) is 31.1 Å². The molecular formula is C20H28O2. The third-order valence-corrected chi connectivity index (χ3v) is 8.78. The van der Waals surface area contributed by atoms with Gasteiger partial charge in [0.05, 0.1) is 5.41 Å². The average Bonchev–Trinajstić information content (AvgIpc) is 3.08. The average molecular weight is 300 g/mol. The van der Waals surface area contributed by atoms with Crippen molar-refractivity contribution in [2.24, 2.45) is 46.3 Å². The zero-order valence-corrected chi connectivity index (χ0v) is 13.6. The third-order valence-electron chi connectivity index (χ3n) is 8.78. The third kappa shape index (κ3) is 1.33. The number of hydrogen-bond donors (Lipinski definition) is 1. The fourth-order valence-corrected chi connectivity index (χ4v) is 8.48. The molecule has 6 bridgehead atoms. The molecule has 6 aliphatic rings. The molecule has 2 heteroatoms. The summed E-state index contributed by atoms with van der Waals surface area (Å²) in [5.74, 6) is 3.62. The monoisotopic (exact) mass is 300 g/mol. The van der Waals surface area contributed by atoms with Crippen molar-refractivity contribution in [3.8, 4) is 0 Å². The SMILES string of the molecule is CCC1(C2(C(=O)O)CC3C=CC2C3)C2CC3CC(C2)CC1C3. The van der Waals surface area contributed by atoms with Gasteiger partial charge < -0.3 is 5.11 Å². The zero-order chi connectivity index (χ0) is 15.1. The van der Waals surface area contributed by atoms with Gasteiger partial charge in [-0.2, -0.15) is 0 Å². The summed E-state index contributed by atoms with van der Waals surface area (Å²) in [5.41, 5.74) is -0.347. The number of allylic oxidation sites excluding steroid dienone is 2. The lowest BCUT2D eigenvalue weighted by Crippen LogP contribution is -2.64. The second-order valence-corrected chi connectivity index (χ2v) is 9.17. The smallest absolute Gasteiger partial charge is 0.310 e. The number of carbonyl (C=O) groups is 1. The highest BCUT2D eigenvalue weighted by molar-refractivity contribution is 5.78. The maximum atomic E-state index is 12.7. The topological polar surface area (TPSA) is 37.3 Å². The molecule has 3 unspecified atom stereocenters. The van der Waals surface area contributed by atoms with Crippen LogP contribution in [-0.2, 0) is 4.79 Å². The normalized spacial score (nSPS) is 57.7. The van der Waals surface area contributed by atoms with Crippen LogP contribution in [0.1, 0.15) is 58.3 Å². The summed E-state index contributed by atoms with van der Waals surface area (Å²) in [5, 5.41) is 10.4. The van der Waals surface area contributed by atoms with Crippen LogP contribution in [0, 0.1) is 46.3 Å². The van der Waals surface area contributed by atoms with Gasteiger partial charge in [-0.1, -0.05) is 19.1 Å². The Balaban J connectivity index is 1.67. The van der Waals surface area contributed by atoms with Gasteiger partial charge in [0, 0.05) is 0 Å². The predicted molar refractivity (Wildman–Crippen MR) is 85.2 cm³/mol. The fourth-order valence-electron chi connectivity index (χ4n) is 8.48. The number of fused-ring (bicyclic) bond motifs is 2. The van der Waals surface area contributed by atoms with Crippen molar-refractivity contribution < 1.29 is 9.90 Å². The van der Waals surface area contributed by atoms with Crippen LogP contribution in [0.15, 0.2) is 12.2 Å². The molecule has 0 aromatic heterocycles. The zero-order valence-electron chi connectivity index (χ0n) is 13.6. The molecule has 0 amide bonds. The Kier molecular flexibility index (Phi) is 2.59. The van der Waals surface area contributed by atoms with Gasteiger partial charge in [0.2, 0.25) is 0 Å². The van der Waals surface area contributed by atoms with E-state index >= 15 is 0 Å². The van der Waals surface area contributed by atoms with Crippen LogP contribution in [0.5, 0.6) is 0 Å². The van der Waals surface area contributed by atoms with Gasteiger partial charge in [-0.3, -0.25) is 4.79 Å². The Morgan fingerprint density at radius 2 is 1.68 bits per heavy atom. The Hall–Kier alpha value is -0.790. The molecule has 0 aromatic carbocycles. The Morgan fingerprint density at radius 3 is 2.09 bits per heavy atom. The summed E-state index contributed by atoms with van der Waals surface area (Å²) in [7, 11) is 0. The number of rotatable bonds is 3. The second kappa shape index (κ2) is 4.19. The molecule has 0 saturated heterocycles. The van der Waals surface area contributed by atoms with Crippen molar-refractivity contribution in [1.82, 2.24) is 0 Å². The van der Waals surface area contributed by atoms with E-state index in [0.29, 0.717) is 23.7 Å². The molecule has 1 N–H and O–H groups in total. The molecule has 6 rings (SSSR count). The van der Waals surface area contributed by atoms with Crippen LogP contribution in [-0.4, -0.2) is 11.1 Å². The first-order chi connectivity index (χ1) is 10.6. The Bertz CT molecular complexity index is 520. The van der Waals surface area contributed by atoms with Crippen LogP contribution in [0.2, 0.25) is 0 Å². The van der Waals surface area contributed by atoms with Gasteiger partial charge in [-0.15, -0.1) is 0 Å². The molecule has 5 fully saturated rings. The van der Waals surface area contributed by atoms with Gasteiger partial charge >= 0.3 is 5.97 Å². The van der Waals surface area contributed by atoms with E-state index in [1.165, 1.54) is 32.1 Å². The molecule has 5 saturated carbocycles. The lowest BCUT2D eigenvalue weighted by molar-refractivity contribution is -0.208. The summed E-state index contributed by atoms with van der Waals surface area (Å²) < 4.78 is 0. The lowest BCUT2D eigenvalue weighted by atomic mass is 9.36. The van der Waals surface area contributed by atoms with Gasteiger partial charge in [0.15, 0.2) is 0 Å². The van der Waals surface area contributed by atoms with Crippen molar-refractivity contribution >= 4 is 5.97 Å². The van der Waals surface area contributed by atoms with E-state index in [1.807, 2.05) is 0 Å². The van der Waals surface area contributed by atoms with Crippen molar-refractivity contribution in [2.45, 2.75) is 58.3 Å². The molecule has 2 nitrogen and oxygen atoms in total. The molecule has 0 spiro atoms. The summed E-state index contributed by atoms with van der Waals surface area (Å²) in [6.07, 6.45) is 14.5. The minimum atomic E-state index is -0.460. The molecule has 120 valence electrons. The minimum Gasteiger partial charge on any atom is -0.481 e. The van der Waals surface area contributed by atoms with Gasteiger partial charge in [-0.25, -0.2) is 0 Å². The van der Waals surface area contributed by atoms with Gasteiger partial charge in [0.25, 0.3) is 0 Å². The molecule has 6 aliphatic carbocycles. The molecular weight excluding hydrogens is 272 g/mol. The summed E-state index contributed by atoms with van der Waals surface area (Å²) in [4.78, 5) is 12.7. The Labute approximate surface area is 133 Å². The van der Waals surface area contributed by atoms with Crippen molar-refractivity contribution in [3.05, 3.63) is 12.2 Å². The van der Waals surface area contributed by atoms with Crippen LogP contribution in [0.3, 0.4) is 0 Å². The highest BCUT2D eigenvalue weighted by Crippen LogP contribution is 2.74. The van der Waals surface area contributed by atoms with E-state index in [1.54, 1.807) is 0 Å². The van der Waals surface area contributed by atoms with Crippen LogP contribution in [0.25, 0.3) is 0 Å². The van der Waals surface area contributed by atoms with Crippen LogP contribution in [0.4, 0.5) is 0 Å². The maximum absolute atomic E-state index is 12.7. The summed E-state index contributed by atoms with van der Waals surface area (Å²) in [6.45, 7) is 2.31. The molecule has 0 radical (unpaired) electrons. The Morgan fingerprint density at radius 1 is 1.05 bits per heavy atom. The van der Waals surface area contributed by atoms with Gasteiger partial charge in [0.1, 0.15) is 0 Å². The standard InChI is InChI=1S/C20H28O2/c1-2-19(16-7-13-5-14(9-16)10-17(19)8-13)20(18(21)22)11-12-3-4-15(20)6-12/h3-4,12-17H,2,5-11H2,1H3,(H,21,22). The molecule has 0 aliphatic heterocycles. The van der Waals surface area contributed by atoms with E-state index in [4.69, 9.17) is 0 Å². The minimum absolute atomic E-state index is 0.0937. The first kappa shape index (κ1) is 13.6. The van der Waals surface area contributed by atoms with Crippen LogP contribution < -0.4 is 0 Å². The number of carboxylic acid groups (broad SMARTS) is 1. The molecule has 0 heterocycles. The summed E-state index contributed by atoms with van der Waals surface area (Å²) >= 11 is 0. The highest BCUT2D eigenvalue weighted by atomic mass is 16.4. The van der Waals surface area contributed by atoms with Gasteiger partial charge in [-0.05, 0) is 92.3 Å². The summed E-state index contributed by atoms with van der Waals surface area (Å²) in [6, 6.07) is 0. The first-order valence-corrected chi connectivity index (χ1v) is 9.52. The molecule has 3 atom stereocenters. The van der Waals surface area contributed by atoms with Crippen molar-refractivity contribution in [1.29, 1.82) is 0 Å². The van der Waals surface area contributed by atoms with E-state index in [-0.39, 0.29) is 5.41 Å². The second-order valence-electron chi connectivity index (χ2n) is 9.17. The number of carboxylic acids is 1. The maximum Gasteiger partial charge on any atom is 0.310 e. The molecule has 22 heavy (non-hydrogen) atoms. The highest BCUT2D eigenvalue weighted by Gasteiger charge is 2.71. The number of hydrogen-bond acceptors (Lipinski definition) is 1. The number of aliphatic carboxylic acids is 1.